The van der Waals surface area contributed by atoms with Crippen LogP contribution in [-0.4, -0.2) is 18.4 Å². The van der Waals surface area contributed by atoms with Crippen molar-refractivity contribution in [3.05, 3.63) is 41.0 Å². The second-order valence-corrected chi connectivity index (χ2v) is 3.94. The molecular weight excluding hydrogens is 216 g/mol. The van der Waals surface area contributed by atoms with E-state index >= 15 is 0 Å². The molecule has 0 bridgehead atoms. The van der Waals surface area contributed by atoms with Crippen molar-refractivity contribution in [2.75, 3.05) is 6.54 Å². The van der Waals surface area contributed by atoms with E-state index in [9.17, 15) is 9.59 Å². The predicted molar refractivity (Wildman–Crippen MR) is 65.3 cm³/mol. The van der Waals surface area contributed by atoms with E-state index in [1.165, 1.54) is 6.92 Å². The number of rotatable bonds is 3. The molecule has 0 aromatic heterocycles. The van der Waals surface area contributed by atoms with Crippen molar-refractivity contribution in [1.82, 2.24) is 10.6 Å². The molecule has 2 N–H and O–H groups in total. The maximum Gasteiger partial charge on any atom is 0.251 e. The summed E-state index contributed by atoms with van der Waals surface area (Å²) < 4.78 is 0. The molecule has 88 valence electrons. The monoisotopic (exact) mass is 230 g/mol. The molecule has 0 atom stereocenters. The van der Waals surface area contributed by atoms with E-state index in [0.29, 0.717) is 13.1 Å². The Morgan fingerprint density at radius 2 is 2.35 bits per heavy atom. The Kier molecular flexibility index (Phi) is 3.23. The van der Waals surface area contributed by atoms with Crippen LogP contribution in [0, 0.1) is 0 Å². The quantitative estimate of drug-likeness (QED) is 0.816. The maximum absolute atomic E-state index is 11.3. The van der Waals surface area contributed by atoms with Gasteiger partial charge in [0.1, 0.15) is 0 Å². The summed E-state index contributed by atoms with van der Waals surface area (Å²) in [6, 6.07) is 5.71. The Bertz CT molecular complexity index is 492. The van der Waals surface area contributed by atoms with Crippen molar-refractivity contribution in [3.63, 3.8) is 0 Å². The van der Waals surface area contributed by atoms with E-state index in [-0.39, 0.29) is 11.8 Å². The van der Waals surface area contributed by atoms with Gasteiger partial charge in [-0.05, 0) is 23.3 Å². The molecular formula is C13H14N2O2. The molecule has 0 fully saturated rings. The van der Waals surface area contributed by atoms with Crippen LogP contribution in [0.3, 0.4) is 0 Å². The fourth-order valence-electron chi connectivity index (χ4n) is 1.75. The van der Waals surface area contributed by atoms with Gasteiger partial charge >= 0.3 is 0 Å². The number of carbonyl (C=O) groups excluding carboxylic acids is 2. The molecule has 1 aromatic rings. The minimum Gasteiger partial charge on any atom is -0.353 e. The maximum atomic E-state index is 11.3. The lowest BCUT2D eigenvalue weighted by atomic mass is 10.1. The van der Waals surface area contributed by atoms with Crippen molar-refractivity contribution in [2.45, 2.75) is 13.5 Å². The first kappa shape index (κ1) is 11.4. The fraction of sp³-hybridized carbons (Fsp3) is 0.231. The van der Waals surface area contributed by atoms with Gasteiger partial charge in [0.05, 0.1) is 0 Å². The van der Waals surface area contributed by atoms with Gasteiger partial charge in [0.25, 0.3) is 5.91 Å². The van der Waals surface area contributed by atoms with E-state index in [0.717, 1.165) is 16.7 Å². The molecule has 1 aliphatic rings. The van der Waals surface area contributed by atoms with Gasteiger partial charge in [-0.15, -0.1) is 0 Å². The summed E-state index contributed by atoms with van der Waals surface area (Å²) >= 11 is 0. The summed E-state index contributed by atoms with van der Waals surface area (Å²) in [4.78, 5) is 22.0. The van der Waals surface area contributed by atoms with Gasteiger partial charge in [0.2, 0.25) is 5.91 Å². The van der Waals surface area contributed by atoms with Crippen LogP contribution in [0.1, 0.15) is 28.4 Å². The van der Waals surface area contributed by atoms with Crippen LogP contribution in [0.2, 0.25) is 0 Å². The summed E-state index contributed by atoms with van der Waals surface area (Å²) in [7, 11) is 0. The molecule has 4 heteroatoms. The van der Waals surface area contributed by atoms with Crippen LogP contribution >= 0.6 is 0 Å². The van der Waals surface area contributed by atoms with Crippen LogP contribution in [0.15, 0.2) is 24.3 Å². The van der Waals surface area contributed by atoms with Crippen LogP contribution in [0.4, 0.5) is 0 Å². The van der Waals surface area contributed by atoms with E-state index in [2.05, 4.69) is 10.6 Å². The smallest absolute Gasteiger partial charge is 0.251 e. The van der Waals surface area contributed by atoms with Gasteiger partial charge in [-0.3, -0.25) is 9.59 Å². The molecule has 1 heterocycles. The molecule has 0 saturated heterocycles. The Labute approximate surface area is 99.7 Å². The molecule has 0 radical (unpaired) electrons. The highest BCUT2D eigenvalue weighted by molar-refractivity contribution is 5.98. The third-order valence-corrected chi connectivity index (χ3v) is 2.59. The number of hydrogen-bond donors (Lipinski definition) is 2. The molecule has 2 amide bonds. The minimum atomic E-state index is -0.0431. The molecule has 1 aromatic carbocycles. The third kappa shape index (κ3) is 2.72. The number of carbonyl (C=O) groups is 2. The lowest BCUT2D eigenvalue weighted by Crippen LogP contribution is -2.19. The highest BCUT2D eigenvalue weighted by atomic mass is 16.2. The van der Waals surface area contributed by atoms with Crippen LogP contribution in [-0.2, 0) is 11.3 Å². The summed E-state index contributed by atoms with van der Waals surface area (Å²) in [6.07, 6.45) is 3.81. The Balaban J connectivity index is 2.03. The molecule has 1 aliphatic heterocycles. The van der Waals surface area contributed by atoms with E-state index in [1.807, 2.05) is 30.4 Å². The van der Waals surface area contributed by atoms with Crippen molar-refractivity contribution in [3.8, 4) is 0 Å². The molecule has 0 spiro atoms. The predicted octanol–water partition coefficient (Wildman–Crippen LogP) is 1.08. The van der Waals surface area contributed by atoms with E-state index < -0.39 is 0 Å². The highest BCUT2D eigenvalue weighted by Gasteiger charge is 2.17. The Morgan fingerprint density at radius 3 is 3.12 bits per heavy atom. The van der Waals surface area contributed by atoms with Crippen molar-refractivity contribution < 1.29 is 9.59 Å². The number of fused-ring (bicyclic) bond motifs is 1. The first-order valence-electron chi connectivity index (χ1n) is 5.49. The number of nitrogens with one attached hydrogen (secondary N) is 2. The average molecular weight is 230 g/mol. The van der Waals surface area contributed by atoms with Crippen LogP contribution < -0.4 is 10.6 Å². The van der Waals surface area contributed by atoms with Gasteiger partial charge < -0.3 is 10.6 Å². The number of hydrogen-bond acceptors (Lipinski definition) is 2. The Hall–Kier alpha value is -2.10. The fourth-order valence-corrected chi connectivity index (χ4v) is 1.75. The second kappa shape index (κ2) is 4.82. The number of amides is 2. The minimum absolute atomic E-state index is 0.00576. The normalized spacial score (nSPS) is 13.6. The largest absolute Gasteiger partial charge is 0.353 e. The van der Waals surface area contributed by atoms with Gasteiger partial charge in [0.15, 0.2) is 0 Å². The number of benzene rings is 1. The van der Waals surface area contributed by atoms with E-state index in [4.69, 9.17) is 0 Å². The topological polar surface area (TPSA) is 58.2 Å². The van der Waals surface area contributed by atoms with Crippen LogP contribution in [0.5, 0.6) is 0 Å². The van der Waals surface area contributed by atoms with Gasteiger partial charge in [0, 0.05) is 25.6 Å². The molecule has 0 saturated carbocycles. The standard InChI is InChI=1S/C13H14N2O2/c1-9(16)14-6-2-3-10-4-5-12-11(7-10)8-15-13(12)17/h2-5,7H,6,8H2,1H3,(H,14,16)(H,15,17). The highest BCUT2D eigenvalue weighted by Crippen LogP contribution is 2.17. The lowest BCUT2D eigenvalue weighted by molar-refractivity contribution is -0.118. The first-order chi connectivity index (χ1) is 8.16. The summed E-state index contributed by atoms with van der Waals surface area (Å²) in [6.45, 7) is 2.60. The zero-order valence-electron chi connectivity index (χ0n) is 9.62. The van der Waals surface area contributed by atoms with Gasteiger partial charge in [-0.1, -0.05) is 18.2 Å². The van der Waals surface area contributed by atoms with Gasteiger partial charge in [-0.25, -0.2) is 0 Å². The van der Waals surface area contributed by atoms with Gasteiger partial charge in [-0.2, -0.15) is 0 Å². The summed E-state index contributed by atoms with van der Waals surface area (Å²) in [5.74, 6) is -0.0489. The zero-order valence-corrected chi connectivity index (χ0v) is 9.62. The molecule has 2 rings (SSSR count). The van der Waals surface area contributed by atoms with Crippen LogP contribution in [0.25, 0.3) is 6.08 Å². The molecule has 0 aliphatic carbocycles. The molecule has 0 unspecified atom stereocenters. The van der Waals surface area contributed by atoms with Crippen molar-refractivity contribution in [2.24, 2.45) is 0 Å². The van der Waals surface area contributed by atoms with Crippen molar-refractivity contribution >= 4 is 17.9 Å². The van der Waals surface area contributed by atoms with Crippen molar-refractivity contribution in [1.29, 1.82) is 0 Å². The average Bonchev–Trinajstić information content (AvgIpc) is 2.66. The second-order valence-electron chi connectivity index (χ2n) is 3.94. The summed E-state index contributed by atoms with van der Waals surface area (Å²) in [5, 5.41) is 5.46. The first-order valence-corrected chi connectivity index (χ1v) is 5.49. The lowest BCUT2D eigenvalue weighted by Gasteiger charge is -1.99. The third-order valence-electron chi connectivity index (χ3n) is 2.59. The SMILES string of the molecule is CC(=O)NCC=Cc1ccc2c(c1)CNC2=O. The Morgan fingerprint density at radius 1 is 1.53 bits per heavy atom. The zero-order chi connectivity index (χ0) is 12.3. The molecule has 17 heavy (non-hydrogen) atoms. The summed E-state index contributed by atoms with van der Waals surface area (Å²) in [5.41, 5.74) is 2.81. The molecule has 4 nitrogen and oxygen atoms in total. The van der Waals surface area contributed by atoms with E-state index in [1.54, 1.807) is 0 Å².